The number of carboxylic acid groups (broad SMARTS) is 1. The summed E-state index contributed by atoms with van der Waals surface area (Å²) in [6, 6.07) is 1.42. The SMILES string of the molecule is CC(C)(CNC(=O)c1ncc(C(=CN)C2=NCCCC2)cc1O)C(=O)O. The van der Waals surface area contributed by atoms with E-state index in [1.807, 2.05) is 0 Å². The molecular weight excluding hydrogens is 336 g/mol. The van der Waals surface area contributed by atoms with E-state index in [9.17, 15) is 14.7 Å². The molecule has 2 heterocycles. The first-order valence-corrected chi connectivity index (χ1v) is 8.43. The van der Waals surface area contributed by atoms with Crippen LogP contribution in [0.25, 0.3) is 5.57 Å². The summed E-state index contributed by atoms with van der Waals surface area (Å²) in [5.41, 5.74) is 6.55. The molecule has 1 aromatic heterocycles. The van der Waals surface area contributed by atoms with Gasteiger partial charge in [0, 0.05) is 42.3 Å². The van der Waals surface area contributed by atoms with Gasteiger partial charge in [-0.05, 0) is 39.2 Å². The van der Waals surface area contributed by atoms with Gasteiger partial charge in [0.15, 0.2) is 5.69 Å². The second-order valence-corrected chi connectivity index (χ2v) is 6.83. The Morgan fingerprint density at radius 2 is 2.12 bits per heavy atom. The van der Waals surface area contributed by atoms with Gasteiger partial charge in [-0.1, -0.05) is 0 Å². The molecular formula is C18H24N4O4. The third-order valence-electron chi connectivity index (χ3n) is 4.27. The number of aliphatic carboxylic acids is 1. The molecule has 0 saturated carbocycles. The number of amides is 1. The second-order valence-electron chi connectivity index (χ2n) is 6.83. The number of nitrogens with one attached hydrogen (secondary N) is 1. The maximum atomic E-state index is 12.2. The summed E-state index contributed by atoms with van der Waals surface area (Å²) in [5, 5.41) is 21.8. The summed E-state index contributed by atoms with van der Waals surface area (Å²) < 4.78 is 0. The number of aromatic hydroxyl groups is 1. The fourth-order valence-corrected chi connectivity index (χ4v) is 2.51. The maximum Gasteiger partial charge on any atom is 0.310 e. The minimum Gasteiger partial charge on any atom is -0.505 e. The Bertz CT molecular complexity index is 768. The Morgan fingerprint density at radius 1 is 1.38 bits per heavy atom. The minimum absolute atomic E-state index is 0.0885. The Balaban J connectivity index is 2.17. The smallest absolute Gasteiger partial charge is 0.310 e. The number of nitrogens with two attached hydrogens (primary N) is 1. The van der Waals surface area contributed by atoms with Crippen LogP contribution < -0.4 is 11.1 Å². The second kappa shape index (κ2) is 7.99. The van der Waals surface area contributed by atoms with Crippen molar-refractivity contribution in [3.8, 4) is 5.75 Å². The lowest BCUT2D eigenvalue weighted by atomic mass is 9.94. The first-order chi connectivity index (χ1) is 12.3. The van der Waals surface area contributed by atoms with Crippen molar-refractivity contribution >= 4 is 23.2 Å². The Morgan fingerprint density at radius 3 is 2.65 bits per heavy atom. The van der Waals surface area contributed by atoms with Gasteiger partial charge in [0.25, 0.3) is 5.91 Å². The molecule has 140 valence electrons. The number of pyridine rings is 1. The molecule has 0 unspecified atom stereocenters. The molecule has 0 aliphatic carbocycles. The van der Waals surface area contributed by atoms with E-state index < -0.39 is 17.3 Å². The lowest BCUT2D eigenvalue weighted by Gasteiger charge is -2.19. The average Bonchev–Trinajstić information content (AvgIpc) is 2.61. The van der Waals surface area contributed by atoms with Crippen LogP contribution >= 0.6 is 0 Å². The average molecular weight is 360 g/mol. The van der Waals surface area contributed by atoms with Gasteiger partial charge in [0.1, 0.15) is 5.75 Å². The molecule has 0 spiro atoms. The van der Waals surface area contributed by atoms with Crippen molar-refractivity contribution in [1.82, 2.24) is 10.3 Å². The molecule has 1 aromatic rings. The lowest BCUT2D eigenvalue weighted by molar-refractivity contribution is -0.146. The third-order valence-corrected chi connectivity index (χ3v) is 4.27. The molecule has 1 aliphatic heterocycles. The maximum absolute atomic E-state index is 12.2. The molecule has 5 N–H and O–H groups in total. The van der Waals surface area contributed by atoms with Gasteiger partial charge >= 0.3 is 5.97 Å². The van der Waals surface area contributed by atoms with Crippen molar-refractivity contribution < 1.29 is 19.8 Å². The number of hydrogen-bond acceptors (Lipinski definition) is 6. The standard InChI is InChI=1S/C18H24N4O4/c1-18(2,17(25)26)10-22-16(24)15-14(23)7-11(9-21-15)12(8-19)13-5-3-4-6-20-13/h7-9,23H,3-6,10,19H2,1-2H3,(H,22,24)(H,25,26). The Hall–Kier alpha value is -2.90. The zero-order valence-electron chi connectivity index (χ0n) is 15.0. The van der Waals surface area contributed by atoms with Crippen LogP contribution in [0.5, 0.6) is 5.75 Å². The number of carboxylic acids is 1. The van der Waals surface area contributed by atoms with Crippen LogP contribution in [0.1, 0.15) is 49.2 Å². The van der Waals surface area contributed by atoms with Crippen molar-refractivity contribution in [3.63, 3.8) is 0 Å². The van der Waals surface area contributed by atoms with E-state index >= 15 is 0 Å². The number of aromatic nitrogens is 1. The molecule has 0 radical (unpaired) electrons. The summed E-state index contributed by atoms with van der Waals surface area (Å²) in [5.74, 6) is -1.98. The number of rotatable bonds is 6. The lowest BCUT2D eigenvalue weighted by Crippen LogP contribution is -2.39. The van der Waals surface area contributed by atoms with Crippen LogP contribution in [-0.2, 0) is 4.79 Å². The van der Waals surface area contributed by atoms with E-state index in [0.717, 1.165) is 31.5 Å². The molecule has 0 fully saturated rings. The zero-order valence-corrected chi connectivity index (χ0v) is 15.0. The van der Waals surface area contributed by atoms with Crippen LogP contribution in [0.15, 0.2) is 23.5 Å². The molecule has 0 atom stereocenters. The summed E-state index contributed by atoms with van der Waals surface area (Å²) in [4.78, 5) is 31.8. The van der Waals surface area contributed by atoms with E-state index in [1.54, 1.807) is 0 Å². The first-order valence-electron chi connectivity index (χ1n) is 8.43. The summed E-state index contributed by atoms with van der Waals surface area (Å²) in [6.07, 6.45) is 5.74. The molecule has 8 heteroatoms. The predicted molar refractivity (Wildman–Crippen MR) is 98.0 cm³/mol. The van der Waals surface area contributed by atoms with Crippen LogP contribution in [0, 0.1) is 5.41 Å². The summed E-state index contributed by atoms with van der Waals surface area (Å²) in [7, 11) is 0. The monoisotopic (exact) mass is 360 g/mol. The van der Waals surface area contributed by atoms with Gasteiger partial charge in [0.05, 0.1) is 5.41 Å². The van der Waals surface area contributed by atoms with Gasteiger partial charge in [0.2, 0.25) is 0 Å². The normalized spacial score (nSPS) is 15.3. The van der Waals surface area contributed by atoms with Crippen molar-refractivity contribution in [2.24, 2.45) is 16.1 Å². The third kappa shape index (κ3) is 4.38. The van der Waals surface area contributed by atoms with Crippen molar-refractivity contribution in [2.45, 2.75) is 33.1 Å². The fraction of sp³-hybridized carbons (Fsp3) is 0.444. The number of aliphatic imine (C=N–C) groups is 1. The molecule has 2 rings (SSSR count). The van der Waals surface area contributed by atoms with Gasteiger partial charge < -0.3 is 21.3 Å². The first kappa shape index (κ1) is 19.4. The predicted octanol–water partition coefficient (Wildman–Crippen LogP) is 1.55. The summed E-state index contributed by atoms with van der Waals surface area (Å²) >= 11 is 0. The Kier molecular flexibility index (Phi) is 5.97. The van der Waals surface area contributed by atoms with Crippen LogP contribution in [0.3, 0.4) is 0 Å². The number of allylic oxidation sites excluding steroid dienone is 1. The van der Waals surface area contributed by atoms with Crippen LogP contribution in [0.4, 0.5) is 0 Å². The minimum atomic E-state index is -1.13. The highest BCUT2D eigenvalue weighted by molar-refractivity contribution is 6.24. The van der Waals surface area contributed by atoms with E-state index in [0.29, 0.717) is 11.1 Å². The quantitative estimate of drug-likeness (QED) is 0.607. The zero-order chi connectivity index (χ0) is 19.3. The molecule has 0 saturated heterocycles. The highest BCUT2D eigenvalue weighted by Gasteiger charge is 2.28. The number of nitrogens with zero attached hydrogens (tertiary/aromatic N) is 2. The number of carbonyl (C=O) groups excluding carboxylic acids is 1. The summed E-state index contributed by atoms with van der Waals surface area (Å²) in [6.45, 7) is 3.64. The van der Waals surface area contributed by atoms with Gasteiger partial charge in [-0.2, -0.15) is 0 Å². The highest BCUT2D eigenvalue weighted by Crippen LogP contribution is 2.25. The van der Waals surface area contributed by atoms with Crippen LogP contribution in [0.2, 0.25) is 0 Å². The number of carbonyl (C=O) groups is 2. The fourth-order valence-electron chi connectivity index (χ4n) is 2.51. The van der Waals surface area contributed by atoms with Gasteiger partial charge in [-0.25, -0.2) is 4.98 Å². The van der Waals surface area contributed by atoms with Crippen molar-refractivity contribution in [2.75, 3.05) is 13.1 Å². The number of hydrogen-bond donors (Lipinski definition) is 4. The van der Waals surface area contributed by atoms with Gasteiger partial charge in [-0.3, -0.25) is 14.6 Å². The van der Waals surface area contributed by atoms with E-state index in [4.69, 9.17) is 10.8 Å². The van der Waals surface area contributed by atoms with Crippen molar-refractivity contribution in [3.05, 3.63) is 29.7 Å². The van der Waals surface area contributed by atoms with Gasteiger partial charge in [-0.15, -0.1) is 0 Å². The molecule has 8 nitrogen and oxygen atoms in total. The molecule has 26 heavy (non-hydrogen) atoms. The molecule has 1 aliphatic rings. The van der Waals surface area contributed by atoms with Crippen LogP contribution in [-0.4, -0.2) is 45.9 Å². The largest absolute Gasteiger partial charge is 0.505 e. The Labute approximate surface area is 151 Å². The molecule has 0 bridgehead atoms. The van der Waals surface area contributed by atoms with E-state index in [2.05, 4.69) is 15.3 Å². The highest BCUT2D eigenvalue weighted by atomic mass is 16.4. The molecule has 0 aromatic carbocycles. The topological polar surface area (TPSA) is 138 Å². The van der Waals surface area contributed by atoms with Crippen molar-refractivity contribution in [1.29, 1.82) is 0 Å². The van der Waals surface area contributed by atoms with E-state index in [-0.39, 0.29) is 18.0 Å². The molecule has 1 amide bonds. The van der Waals surface area contributed by atoms with E-state index in [1.165, 1.54) is 32.3 Å².